The van der Waals surface area contributed by atoms with Gasteiger partial charge in [0.1, 0.15) is 0 Å². The van der Waals surface area contributed by atoms with Crippen molar-refractivity contribution in [2.45, 2.75) is 30.8 Å². The van der Waals surface area contributed by atoms with E-state index >= 15 is 0 Å². The molecule has 0 bridgehead atoms. The fourth-order valence-corrected chi connectivity index (χ4v) is 2.98. The van der Waals surface area contributed by atoms with Crippen LogP contribution in [0.15, 0.2) is 41.3 Å². The lowest BCUT2D eigenvalue weighted by Crippen LogP contribution is -2.47. The standard InChI is InChI=1S/C16H21N3O2S/c1-10(2)12-7-8-15(20)18-13-5-3-4-6-14(13)22-9-11(17)16(21)19-12/h3-8,10-12H,9,17H2,1-2H3,(H,18,20)(H,19,21)/b8-7+/t11-,12+/m0/s1. The van der Waals surface area contributed by atoms with Crippen molar-refractivity contribution in [1.82, 2.24) is 5.32 Å². The second-order valence-electron chi connectivity index (χ2n) is 5.54. The zero-order valence-corrected chi connectivity index (χ0v) is 13.5. The van der Waals surface area contributed by atoms with Crippen molar-refractivity contribution in [3.8, 4) is 0 Å². The molecule has 0 unspecified atom stereocenters. The van der Waals surface area contributed by atoms with Gasteiger partial charge in [0.05, 0.1) is 11.7 Å². The Labute approximate surface area is 134 Å². The Bertz CT molecular complexity index is 587. The summed E-state index contributed by atoms with van der Waals surface area (Å²) >= 11 is 1.46. The minimum Gasteiger partial charge on any atom is -0.348 e. The summed E-state index contributed by atoms with van der Waals surface area (Å²) in [7, 11) is 0. The summed E-state index contributed by atoms with van der Waals surface area (Å²) in [4.78, 5) is 25.1. The summed E-state index contributed by atoms with van der Waals surface area (Å²) in [5.41, 5.74) is 6.69. The van der Waals surface area contributed by atoms with E-state index in [0.717, 1.165) is 10.6 Å². The van der Waals surface area contributed by atoms with Crippen LogP contribution in [0.3, 0.4) is 0 Å². The summed E-state index contributed by atoms with van der Waals surface area (Å²) in [6.07, 6.45) is 3.17. The van der Waals surface area contributed by atoms with Gasteiger partial charge in [-0.25, -0.2) is 0 Å². The first-order valence-electron chi connectivity index (χ1n) is 7.24. The van der Waals surface area contributed by atoms with Crippen molar-refractivity contribution in [2.24, 2.45) is 11.7 Å². The highest BCUT2D eigenvalue weighted by molar-refractivity contribution is 7.99. The highest BCUT2D eigenvalue weighted by Gasteiger charge is 2.20. The van der Waals surface area contributed by atoms with Gasteiger partial charge in [-0.1, -0.05) is 32.1 Å². The van der Waals surface area contributed by atoms with E-state index in [9.17, 15) is 9.59 Å². The number of hydrogen-bond donors (Lipinski definition) is 3. The predicted molar refractivity (Wildman–Crippen MR) is 89.7 cm³/mol. The molecule has 4 N–H and O–H groups in total. The van der Waals surface area contributed by atoms with E-state index in [0.29, 0.717) is 5.75 Å². The van der Waals surface area contributed by atoms with Gasteiger partial charge in [0.25, 0.3) is 0 Å². The number of nitrogens with one attached hydrogen (secondary N) is 2. The molecule has 1 aliphatic rings. The normalized spacial score (nSPS) is 24.5. The molecule has 0 radical (unpaired) electrons. The second-order valence-corrected chi connectivity index (χ2v) is 6.60. The number of thioether (sulfide) groups is 1. The zero-order valence-electron chi connectivity index (χ0n) is 12.7. The summed E-state index contributed by atoms with van der Waals surface area (Å²) in [6, 6.07) is 6.67. The minimum absolute atomic E-state index is 0.170. The molecular formula is C16H21N3O2S. The second kappa shape index (κ2) is 7.47. The van der Waals surface area contributed by atoms with Crippen LogP contribution in [0.5, 0.6) is 0 Å². The fraction of sp³-hybridized carbons (Fsp3) is 0.375. The Kier molecular flexibility index (Phi) is 5.63. The Morgan fingerprint density at radius 1 is 1.27 bits per heavy atom. The van der Waals surface area contributed by atoms with Crippen molar-refractivity contribution in [1.29, 1.82) is 0 Å². The van der Waals surface area contributed by atoms with E-state index in [1.165, 1.54) is 17.8 Å². The maximum Gasteiger partial charge on any atom is 0.248 e. The molecule has 1 heterocycles. The molecule has 2 amide bonds. The van der Waals surface area contributed by atoms with Gasteiger partial charge in [-0.2, -0.15) is 0 Å². The van der Waals surface area contributed by atoms with Crippen LogP contribution in [0.4, 0.5) is 5.69 Å². The van der Waals surface area contributed by atoms with Crippen molar-refractivity contribution in [3.05, 3.63) is 36.4 Å². The number of fused-ring (bicyclic) bond motifs is 1. The van der Waals surface area contributed by atoms with E-state index in [-0.39, 0.29) is 23.8 Å². The predicted octanol–water partition coefficient (Wildman–Crippen LogP) is 1.76. The SMILES string of the molecule is CC(C)[C@H]1/C=C/C(=O)Nc2ccccc2SC[C@H](N)C(=O)N1. The highest BCUT2D eigenvalue weighted by Crippen LogP contribution is 2.27. The molecule has 2 atom stereocenters. The monoisotopic (exact) mass is 319 g/mol. The molecule has 0 aromatic heterocycles. The number of carbonyl (C=O) groups excluding carboxylic acids is 2. The first-order chi connectivity index (χ1) is 10.5. The van der Waals surface area contributed by atoms with Crippen LogP contribution >= 0.6 is 11.8 Å². The van der Waals surface area contributed by atoms with Crippen molar-refractivity contribution in [2.75, 3.05) is 11.1 Å². The third kappa shape index (κ3) is 4.35. The van der Waals surface area contributed by atoms with Gasteiger partial charge in [-0.3, -0.25) is 9.59 Å². The Morgan fingerprint density at radius 3 is 2.73 bits per heavy atom. The average molecular weight is 319 g/mol. The van der Waals surface area contributed by atoms with Crippen LogP contribution in [0.25, 0.3) is 0 Å². The number of amides is 2. The summed E-state index contributed by atoms with van der Waals surface area (Å²) in [5, 5.41) is 5.75. The molecular weight excluding hydrogens is 298 g/mol. The van der Waals surface area contributed by atoms with Gasteiger partial charge in [0, 0.05) is 22.8 Å². The summed E-state index contributed by atoms with van der Waals surface area (Å²) in [6.45, 7) is 3.96. The van der Waals surface area contributed by atoms with Crippen LogP contribution in [0.1, 0.15) is 13.8 Å². The molecule has 1 aliphatic heterocycles. The molecule has 22 heavy (non-hydrogen) atoms. The van der Waals surface area contributed by atoms with Gasteiger partial charge in [0.15, 0.2) is 0 Å². The number of carbonyl (C=O) groups is 2. The minimum atomic E-state index is -0.595. The topological polar surface area (TPSA) is 84.2 Å². The molecule has 5 nitrogen and oxygen atoms in total. The molecule has 2 rings (SSSR count). The Balaban J connectivity index is 2.29. The number of rotatable bonds is 1. The van der Waals surface area contributed by atoms with E-state index in [1.807, 2.05) is 38.1 Å². The zero-order chi connectivity index (χ0) is 16.1. The molecule has 0 spiro atoms. The smallest absolute Gasteiger partial charge is 0.248 e. The number of para-hydroxylation sites is 1. The maximum absolute atomic E-state index is 12.2. The molecule has 0 aliphatic carbocycles. The molecule has 0 saturated carbocycles. The van der Waals surface area contributed by atoms with Crippen molar-refractivity contribution in [3.63, 3.8) is 0 Å². The van der Waals surface area contributed by atoms with Crippen LogP contribution in [0.2, 0.25) is 0 Å². The Morgan fingerprint density at radius 2 is 2.00 bits per heavy atom. The number of benzene rings is 1. The van der Waals surface area contributed by atoms with Gasteiger partial charge in [-0.05, 0) is 18.1 Å². The molecule has 118 valence electrons. The first kappa shape index (κ1) is 16.6. The maximum atomic E-state index is 12.2. The third-order valence-electron chi connectivity index (χ3n) is 3.38. The number of nitrogens with two attached hydrogens (primary N) is 1. The number of hydrogen-bond acceptors (Lipinski definition) is 4. The van der Waals surface area contributed by atoms with Gasteiger partial charge in [0.2, 0.25) is 11.8 Å². The van der Waals surface area contributed by atoms with Crippen molar-refractivity contribution < 1.29 is 9.59 Å². The molecule has 1 aromatic rings. The average Bonchev–Trinajstić information content (AvgIpc) is 2.48. The van der Waals surface area contributed by atoms with Gasteiger partial charge in [-0.15, -0.1) is 11.8 Å². The van der Waals surface area contributed by atoms with E-state index in [1.54, 1.807) is 6.08 Å². The quantitative estimate of drug-likeness (QED) is 0.736. The summed E-state index contributed by atoms with van der Waals surface area (Å²) in [5.74, 6) is 0.211. The highest BCUT2D eigenvalue weighted by atomic mass is 32.2. The van der Waals surface area contributed by atoms with Gasteiger partial charge >= 0.3 is 0 Å². The Hall–Kier alpha value is -1.79. The first-order valence-corrected chi connectivity index (χ1v) is 8.23. The van der Waals surface area contributed by atoms with Crippen LogP contribution in [-0.2, 0) is 9.59 Å². The molecule has 1 aromatic carbocycles. The largest absolute Gasteiger partial charge is 0.348 e. The molecule has 0 fully saturated rings. The lowest BCUT2D eigenvalue weighted by atomic mass is 10.0. The van der Waals surface area contributed by atoms with E-state index in [2.05, 4.69) is 10.6 Å². The van der Waals surface area contributed by atoms with E-state index in [4.69, 9.17) is 5.73 Å². The van der Waals surface area contributed by atoms with Crippen LogP contribution in [-0.4, -0.2) is 29.7 Å². The van der Waals surface area contributed by atoms with E-state index < -0.39 is 6.04 Å². The van der Waals surface area contributed by atoms with Crippen molar-refractivity contribution >= 4 is 29.3 Å². The van der Waals surface area contributed by atoms with Crippen LogP contribution < -0.4 is 16.4 Å². The summed E-state index contributed by atoms with van der Waals surface area (Å²) < 4.78 is 0. The number of anilines is 1. The lowest BCUT2D eigenvalue weighted by Gasteiger charge is -2.22. The molecule has 0 saturated heterocycles. The molecule has 6 heteroatoms. The fourth-order valence-electron chi connectivity index (χ4n) is 2.02. The third-order valence-corrected chi connectivity index (χ3v) is 4.57. The lowest BCUT2D eigenvalue weighted by molar-refractivity contribution is -0.122. The van der Waals surface area contributed by atoms with Gasteiger partial charge < -0.3 is 16.4 Å². The van der Waals surface area contributed by atoms with Crippen LogP contribution in [0, 0.1) is 5.92 Å².